The third-order valence-electron chi connectivity index (χ3n) is 6.92. The molecule has 9 nitrogen and oxygen atoms in total. The lowest BCUT2D eigenvalue weighted by Crippen LogP contribution is -2.57. The van der Waals surface area contributed by atoms with Gasteiger partial charge in [-0.25, -0.2) is 19.6 Å². The number of hydrogen-bond donors (Lipinski definition) is 1. The molecule has 0 bridgehead atoms. The Bertz CT molecular complexity index is 1350. The Morgan fingerprint density at radius 2 is 1.76 bits per heavy atom. The number of esters is 1. The van der Waals surface area contributed by atoms with Crippen LogP contribution in [0.15, 0.2) is 60.8 Å². The van der Waals surface area contributed by atoms with Gasteiger partial charge in [0.25, 0.3) is 0 Å². The third kappa shape index (κ3) is 6.94. The van der Waals surface area contributed by atoms with E-state index >= 15 is 0 Å². The van der Waals surface area contributed by atoms with Crippen LogP contribution < -0.4 is 4.90 Å². The Hall–Kier alpha value is -4.19. The molecule has 0 radical (unpaired) electrons. The summed E-state index contributed by atoms with van der Waals surface area (Å²) in [5.41, 5.74) is -0.624. The number of halogens is 3. The van der Waals surface area contributed by atoms with Gasteiger partial charge in [0.1, 0.15) is 12.7 Å². The van der Waals surface area contributed by atoms with E-state index in [4.69, 9.17) is 4.74 Å². The minimum Gasteiger partial charge on any atom is -0.465 e. The van der Waals surface area contributed by atoms with Crippen molar-refractivity contribution < 1.29 is 37.3 Å². The van der Waals surface area contributed by atoms with Crippen LogP contribution in [0.2, 0.25) is 0 Å². The Morgan fingerprint density at radius 1 is 1.07 bits per heavy atom. The van der Waals surface area contributed by atoms with Crippen molar-refractivity contribution in [1.82, 2.24) is 14.9 Å². The van der Waals surface area contributed by atoms with Crippen LogP contribution in [-0.4, -0.2) is 64.8 Å². The van der Waals surface area contributed by atoms with E-state index in [1.807, 2.05) is 44.2 Å². The van der Waals surface area contributed by atoms with E-state index in [9.17, 15) is 27.9 Å². The van der Waals surface area contributed by atoms with Crippen molar-refractivity contribution in [3.05, 3.63) is 88.7 Å². The van der Waals surface area contributed by atoms with Gasteiger partial charge in [-0.05, 0) is 29.2 Å². The minimum absolute atomic E-state index is 0.0590. The smallest absolute Gasteiger partial charge is 0.433 e. The normalized spacial score (nSPS) is 16.4. The lowest BCUT2D eigenvalue weighted by atomic mass is 9.99. The number of aliphatic hydroxyl groups excluding tert-OH is 1. The SMILES string of the molecule is COC(=O)c1ccc(C(O)c2cnc(N3CCN(C(=O)OCc4ccccc4)C[C@H]3C(C)C)nc2C(F)(F)F)cc1. The molecule has 2 aromatic carbocycles. The highest BCUT2D eigenvalue weighted by molar-refractivity contribution is 5.89. The summed E-state index contributed by atoms with van der Waals surface area (Å²) in [5, 5.41) is 10.8. The average Bonchev–Trinajstić information content (AvgIpc) is 2.98. The molecule has 4 rings (SSSR count). The molecule has 0 saturated carbocycles. The molecule has 3 aromatic rings. The van der Waals surface area contributed by atoms with Gasteiger partial charge in [0, 0.05) is 31.4 Å². The second-order valence-electron chi connectivity index (χ2n) is 9.98. The molecule has 1 unspecified atom stereocenters. The summed E-state index contributed by atoms with van der Waals surface area (Å²) in [6.45, 7) is 4.52. The zero-order valence-corrected chi connectivity index (χ0v) is 22.8. The topological polar surface area (TPSA) is 105 Å². The lowest BCUT2D eigenvalue weighted by Gasteiger charge is -2.43. The minimum atomic E-state index is -4.88. The van der Waals surface area contributed by atoms with Gasteiger partial charge in [-0.2, -0.15) is 13.2 Å². The van der Waals surface area contributed by atoms with Crippen LogP contribution >= 0.6 is 0 Å². The van der Waals surface area contributed by atoms with E-state index in [1.54, 1.807) is 4.90 Å². The maximum Gasteiger partial charge on any atom is 0.433 e. The summed E-state index contributed by atoms with van der Waals surface area (Å²) in [4.78, 5) is 35.7. The van der Waals surface area contributed by atoms with Crippen LogP contribution in [0.5, 0.6) is 0 Å². The van der Waals surface area contributed by atoms with Gasteiger partial charge >= 0.3 is 18.2 Å². The van der Waals surface area contributed by atoms with Crippen LogP contribution in [-0.2, 0) is 22.3 Å². The monoisotopic (exact) mass is 572 g/mol. The number of ether oxygens (including phenoxy) is 2. The number of nitrogens with zero attached hydrogens (tertiary/aromatic N) is 4. The molecule has 0 spiro atoms. The van der Waals surface area contributed by atoms with Gasteiger partial charge in [0.15, 0.2) is 5.69 Å². The number of piperazine rings is 1. The Kier molecular flexibility index (Phi) is 9.11. The second-order valence-corrected chi connectivity index (χ2v) is 9.98. The van der Waals surface area contributed by atoms with Gasteiger partial charge < -0.3 is 24.4 Å². The number of anilines is 1. The van der Waals surface area contributed by atoms with Crippen molar-refractivity contribution in [3.8, 4) is 0 Å². The van der Waals surface area contributed by atoms with E-state index < -0.39 is 35.6 Å². The fourth-order valence-corrected chi connectivity index (χ4v) is 4.65. The molecule has 12 heteroatoms. The molecule has 41 heavy (non-hydrogen) atoms. The first-order valence-corrected chi connectivity index (χ1v) is 13.0. The summed E-state index contributed by atoms with van der Waals surface area (Å²) < 4.78 is 52.6. The standard InChI is InChI=1S/C29H31F3N4O5/c1-18(2)23-16-35(28(39)41-17-19-7-5-4-6-8-19)13-14-36(23)27-33-15-22(25(34-27)29(30,31)32)24(37)20-9-11-21(12-10-20)26(38)40-3/h4-12,15,18,23-24,37H,13-14,16-17H2,1-3H3/t23-,24?/m0/s1. The number of carbonyl (C=O) groups is 2. The maximum absolute atomic E-state index is 14.2. The first-order valence-electron chi connectivity index (χ1n) is 13.0. The molecule has 1 amide bonds. The Balaban J connectivity index is 1.55. The van der Waals surface area contributed by atoms with Crippen molar-refractivity contribution in [2.75, 3.05) is 31.6 Å². The highest BCUT2D eigenvalue weighted by Crippen LogP contribution is 2.36. The summed E-state index contributed by atoms with van der Waals surface area (Å²) >= 11 is 0. The zero-order chi connectivity index (χ0) is 29.7. The summed E-state index contributed by atoms with van der Waals surface area (Å²) in [6.07, 6.45) is -6.10. The van der Waals surface area contributed by atoms with Gasteiger partial charge in [0.2, 0.25) is 5.95 Å². The van der Waals surface area contributed by atoms with Crippen molar-refractivity contribution in [2.24, 2.45) is 5.92 Å². The molecule has 218 valence electrons. The number of aromatic nitrogens is 2. The maximum atomic E-state index is 14.2. The first-order chi connectivity index (χ1) is 19.5. The zero-order valence-electron chi connectivity index (χ0n) is 22.8. The molecule has 1 saturated heterocycles. The predicted molar refractivity (Wildman–Crippen MR) is 143 cm³/mol. The van der Waals surface area contributed by atoms with Gasteiger partial charge in [-0.15, -0.1) is 0 Å². The fraction of sp³-hybridized carbons (Fsp3) is 0.379. The summed E-state index contributed by atoms with van der Waals surface area (Å²) in [7, 11) is 1.21. The van der Waals surface area contributed by atoms with Crippen molar-refractivity contribution in [1.29, 1.82) is 0 Å². The molecule has 1 N–H and O–H groups in total. The number of benzene rings is 2. The average molecular weight is 573 g/mol. The van der Waals surface area contributed by atoms with E-state index in [0.717, 1.165) is 11.8 Å². The molecule has 0 aliphatic carbocycles. The molecular formula is C29H31F3N4O5. The van der Waals surface area contributed by atoms with Crippen LogP contribution in [0, 0.1) is 5.92 Å². The number of carbonyl (C=O) groups excluding carboxylic acids is 2. The Morgan fingerprint density at radius 3 is 2.37 bits per heavy atom. The van der Waals surface area contributed by atoms with Crippen LogP contribution in [0.25, 0.3) is 0 Å². The van der Waals surface area contributed by atoms with E-state index in [0.29, 0.717) is 0 Å². The predicted octanol–water partition coefficient (Wildman–Crippen LogP) is 4.85. The largest absolute Gasteiger partial charge is 0.465 e. The van der Waals surface area contributed by atoms with Crippen molar-refractivity contribution in [2.45, 2.75) is 38.8 Å². The number of amides is 1. The molecule has 1 fully saturated rings. The first kappa shape index (κ1) is 29.8. The molecule has 2 heterocycles. The highest BCUT2D eigenvalue weighted by Gasteiger charge is 2.40. The van der Waals surface area contributed by atoms with Gasteiger partial charge in [-0.3, -0.25) is 0 Å². The molecule has 1 aliphatic heterocycles. The number of alkyl halides is 3. The van der Waals surface area contributed by atoms with Crippen molar-refractivity contribution >= 4 is 18.0 Å². The van der Waals surface area contributed by atoms with Crippen LogP contribution in [0.3, 0.4) is 0 Å². The quantitative estimate of drug-likeness (QED) is 0.401. The number of aliphatic hydroxyl groups is 1. The molecular weight excluding hydrogens is 541 g/mol. The van der Waals surface area contributed by atoms with Gasteiger partial charge in [-0.1, -0.05) is 56.3 Å². The second kappa shape index (κ2) is 12.5. The molecule has 2 atom stereocenters. The third-order valence-corrected chi connectivity index (χ3v) is 6.92. The van der Waals surface area contributed by atoms with E-state index in [1.165, 1.54) is 36.3 Å². The lowest BCUT2D eigenvalue weighted by molar-refractivity contribution is -0.142. The van der Waals surface area contributed by atoms with E-state index in [2.05, 4.69) is 14.7 Å². The highest BCUT2D eigenvalue weighted by atomic mass is 19.4. The van der Waals surface area contributed by atoms with Gasteiger partial charge in [0.05, 0.1) is 18.7 Å². The number of hydrogen-bond acceptors (Lipinski definition) is 8. The summed E-state index contributed by atoms with van der Waals surface area (Å²) in [5.74, 6) is -0.819. The fourth-order valence-electron chi connectivity index (χ4n) is 4.65. The van der Waals surface area contributed by atoms with Crippen LogP contribution in [0.4, 0.5) is 23.9 Å². The van der Waals surface area contributed by atoms with E-state index in [-0.39, 0.29) is 55.3 Å². The van der Waals surface area contributed by atoms with Crippen molar-refractivity contribution in [3.63, 3.8) is 0 Å². The summed E-state index contributed by atoms with van der Waals surface area (Å²) in [6, 6.07) is 14.2. The number of rotatable bonds is 7. The van der Waals surface area contributed by atoms with Crippen LogP contribution in [0.1, 0.15) is 52.7 Å². The molecule has 1 aromatic heterocycles. The number of methoxy groups -OCH3 is 1. The Labute approximate surface area is 235 Å². The molecule has 1 aliphatic rings.